The molecule has 0 aliphatic carbocycles. The van der Waals surface area contributed by atoms with Crippen molar-refractivity contribution in [3.8, 4) is 5.75 Å². The van der Waals surface area contributed by atoms with Crippen molar-refractivity contribution in [3.63, 3.8) is 0 Å². The third kappa shape index (κ3) is 5.32. The zero-order valence-corrected chi connectivity index (χ0v) is 16.1. The first-order valence-electron chi connectivity index (χ1n) is 8.97. The van der Waals surface area contributed by atoms with E-state index in [0.29, 0.717) is 29.2 Å². The highest BCUT2D eigenvalue weighted by atomic mass is 16.5. The molecule has 0 unspecified atom stereocenters. The number of carbonyl (C=O) groups is 2. The molecule has 3 aromatic rings. The van der Waals surface area contributed by atoms with Gasteiger partial charge in [0.05, 0.1) is 19.2 Å². The van der Waals surface area contributed by atoms with Crippen molar-refractivity contribution in [3.05, 3.63) is 88.3 Å². The monoisotopic (exact) mass is 391 g/mol. The Hall–Kier alpha value is -3.87. The largest absolute Gasteiger partial charge is 0.497 e. The summed E-state index contributed by atoms with van der Waals surface area (Å²) in [7, 11) is 1.58. The van der Waals surface area contributed by atoms with Gasteiger partial charge >= 0.3 is 0 Å². The topological polar surface area (TPSA) is 89.4 Å². The number of nitrogens with zero attached hydrogens (tertiary/aromatic N) is 1. The minimum Gasteiger partial charge on any atom is -0.497 e. The number of anilines is 2. The zero-order chi connectivity index (χ0) is 20.8. The van der Waals surface area contributed by atoms with E-state index in [9.17, 15) is 14.4 Å². The molecule has 7 nitrogen and oxygen atoms in total. The summed E-state index contributed by atoms with van der Waals surface area (Å²) in [6.07, 6.45) is 1.53. The van der Waals surface area contributed by atoms with Gasteiger partial charge in [0.2, 0.25) is 5.91 Å². The van der Waals surface area contributed by atoms with Gasteiger partial charge in [-0.1, -0.05) is 12.1 Å². The van der Waals surface area contributed by atoms with Crippen LogP contribution in [-0.4, -0.2) is 23.5 Å². The van der Waals surface area contributed by atoms with Crippen LogP contribution < -0.4 is 20.9 Å². The minimum absolute atomic E-state index is 0.167. The maximum atomic E-state index is 12.6. The van der Waals surface area contributed by atoms with Crippen LogP contribution in [0.2, 0.25) is 0 Å². The summed E-state index contributed by atoms with van der Waals surface area (Å²) in [5, 5.41) is 5.44. The van der Waals surface area contributed by atoms with E-state index in [1.807, 2.05) is 24.3 Å². The Bertz CT molecular complexity index is 1090. The van der Waals surface area contributed by atoms with Gasteiger partial charge in [0, 0.05) is 30.6 Å². The summed E-state index contributed by atoms with van der Waals surface area (Å²) >= 11 is 0. The Morgan fingerprint density at radius 1 is 0.966 bits per heavy atom. The van der Waals surface area contributed by atoms with Crippen LogP contribution in [0.5, 0.6) is 5.75 Å². The van der Waals surface area contributed by atoms with Gasteiger partial charge < -0.3 is 19.9 Å². The number of benzene rings is 2. The van der Waals surface area contributed by atoms with E-state index in [2.05, 4.69) is 10.6 Å². The number of aromatic nitrogens is 1. The van der Waals surface area contributed by atoms with Crippen LogP contribution in [0, 0.1) is 0 Å². The highest BCUT2D eigenvalue weighted by molar-refractivity contribution is 6.04. The highest BCUT2D eigenvalue weighted by Crippen LogP contribution is 2.15. The molecule has 0 bridgehead atoms. The molecular formula is C22H21N3O4. The van der Waals surface area contributed by atoms with Gasteiger partial charge in [-0.25, -0.2) is 0 Å². The molecule has 0 fully saturated rings. The quantitative estimate of drug-likeness (QED) is 0.676. The number of hydrogen-bond donors (Lipinski definition) is 2. The first-order valence-corrected chi connectivity index (χ1v) is 8.97. The number of ether oxygens (including phenoxy) is 1. The second-order valence-corrected chi connectivity index (χ2v) is 6.45. The summed E-state index contributed by atoms with van der Waals surface area (Å²) in [4.78, 5) is 35.9. The van der Waals surface area contributed by atoms with Gasteiger partial charge in [0.15, 0.2) is 0 Å². The first kappa shape index (κ1) is 19.9. The molecule has 1 aromatic heterocycles. The van der Waals surface area contributed by atoms with Crippen molar-refractivity contribution in [1.29, 1.82) is 0 Å². The van der Waals surface area contributed by atoms with Crippen LogP contribution in [0.3, 0.4) is 0 Å². The molecule has 29 heavy (non-hydrogen) atoms. The second kappa shape index (κ2) is 8.88. The third-order valence-corrected chi connectivity index (χ3v) is 4.20. The maximum Gasteiger partial charge on any atom is 0.257 e. The van der Waals surface area contributed by atoms with Gasteiger partial charge in [0.1, 0.15) is 5.75 Å². The van der Waals surface area contributed by atoms with Crippen LogP contribution in [0.1, 0.15) is 22.8 Å². The van der Waals surface area contributed by atoms with Gasteiger partial charge in [0.25, 0.3) is 11.5 Å². The van der Waals surface area contributed by atoms with E-state index in [1.165, 1.54) is 29.8 Å². The number of pyridine rings is 1. The Morgan fingerprint density at radius 2 is 1.66 bits per heavy atom. The van der Waals surface area contributed by atoms with Gasteiger partial charge in [-0.05, 0) is 48.0 Å². The number of hydrogen-bond acceptors (Lipinski definition) is 4. The third-order valence-electron chi connectivity index (χ3n) is 4.20. The van der Waals surface area contributed by atoms with E-state index in [1.54, 1.807) is 31.4 Å². The van der Waals surface area contributed by atoms with E-state index < -0.39 is 0 Å². The van der Waals surface area contributed by atoms with E-state index >= 15 is 0 Å². The van der Waals surface area contributed by atoms with Crippen LogP contribution >= 0.6 is 0 Å². The predicted octanol–water partition coefficient (Wildman–Crippen LogP) is 3.12. The van der Waals surface area contributed by atoms with Gasteiger partial charge in [-0.2, -0.15) is 0 Å². The van der Waals surface area contributed by atoms with Gasteiger partial charge in [-0.15, -0.1) is 0 Å². The van der Waals surface area contributed by atoms with Crippen LogP contribution in [0.15, 0.2) is 71.7 Å². The number of rotatable bonds is 6. The summed E-state index contributed by atoms with van der Waals surface area (Å²) in [5.74, 6) is 0.198. The fourth-order valence-electron chi connectivity index (χ4n) is 2.80. The van der Waals surface area contributed by atoms with Crippen LogP contribution in [-0.2, 0) is 11.3 Å². The SMILES string of the molecule is COc1cccc(Cn2cc(C(=O)Nc3ccc(NC(C)=O)cc3)ccc2=O)c1. The normalized spacial score (nSPS) is 10.3. The maximum absolute atomic E-state index is 12.6. The van der Waals surface area contributed by atoms with Gasteiger partial charge in [-0.3, -0.25) is 14.4 Å². The number of methoxy groups -OCH3 is 1. The lowest BCUT2D eigenvalue weighted by Crippen LogP contribution is -2.22. The van der Waals surface area contributed by atoms with E-state index in [4.69, 9.17) is 4.74 Å². The predicted molar refractivity (Wildman–Crippen MR) is 111 cm³/mol. The van der Waals surface area contributed by atoms with Crippen LogP contribution in [0.4, 0.5) is 11.4 Å². The Kier molecular flexibility index (Phi) is 6.09. The van der Waals surface area contributed by atoms with Crippen LogP contribution in [0.25, 0.3) is 0 Å². The molecule has 0 atom stereocenters. The molecule has 0 aliphatic heterocycles. The molecule has 3 rings (SSSR count). The number of nitrogens with one attached hydrogen (secondary N) is 2. The lowest BCUT2D eigenvalue weighted by molar-refractivity contribution is -0.114. The Morgan fingerprint density at radius 3 is 2.31 bits per heavy atom. The second-order valence-electron chi connectivity index (χ2n) is 6.45. The van der Waals surface area contributed by atoms with Crippen molar-refractivity contribution < 1.29 is 14.3 Å². The van der Waals surface area contributed by atoms with E-state index in [0.717, 1.165) is 5.56 Å². The molecule has 7 heteroatoms. The van der Waals surface area contributed by atoms with E-state index in [-0.39, 0.29) is 17.4 Å². The average molecular weight is 391 g/mol. The van der Waals surface area contributed by atoms with Crippen molar-refractivity contribution in [2.24, 2.45) is 0 Å². The molecule has 2 aromatic carbocycles. The molecule has 0 aliphatic rings. The summed E-state index contributed by atoms with van der Waals surface area (Å²) in [5.41, 5.74) is 2.26. The molecule has 0 radical (unpaired) electrons. The summed E-state index contributed by atoms with van der Waals surface area (Å²) in [6, 6.07) is 17.0. The highest BCUT2D eigenvalue weighted by Gasteiger charge is 2.09. The number of amides is 2. The molecule has 0 saturated carbocycles. The van der Waals surface area contributed by atoms with Crippen molar-refractivity contribution >= 4 is 23.2 Å². The average Bonchev–Trinajstić information content (AvgIpc) is 2.71. The lowest BCUT2D eigenvalue weighted by atomic mass is 10.2. The molecule has 148 valence electrons. The first-order chi connectivity index (χ1) is 13.9. The molecule has 0 saturated heterocycles. The zero-order valence-electron chi connectivity index (χ0n) is 16.1. The summed E-state index contributed by atoms with van der Waals surface area (Å²) < 4.78 is 6.68. The number of carbonyl (C=O) groups excluding carboxylic acids is 2. The Labute approximate surface area is 167 Å². The molecule has 2 N–H and O–H groups in total. The molecule has 0 spiro atoms. The molecular weight excluding hydrogens is 370 g/mol. The van der Waals surface area contributed by atoms with Crippen molar-refractivity contribution in [1.82, 2.24) is 4.57 Å². The minimum atomic E-state index is -0.336. The van der Waals surface area contributed by atoms with Crippen molar-refractivity contribution in [2.45, 2.75) is 13.5 Å². The molecule has 1 heterocycles. The lowest BCUT2D eigenvalue weighted by Gasteiger charge is -2.10. The Balaban J connectivity index is 1.75. The fraction of sp³-hybridized carbons (Fsp3) is 0.136. The standard InChI is InChI=1S/C22H21N3O4/c1-15(26)23-18-7-9-19(10-8-18)24-22(28)17-6-11-21(27)25(14-17)13-16-4-3-5-20(12-16)29-2/h3-12,14H,13H2,1-2H3,(H,23,26)(H,24,28). The molecule has 2 amide bonds. The smallest absolute Gasteiger partial charge is 0.257 e. The fourth-order valence-corrected chi connectivity index (χ4v) is 2.80. The van der Waals surface area contributed by atoms with Crippen molar-refractivity contribution in [2.75, 3.05) is 17.7 Å². The summed E-state index contributed by atoms with van der Waals surface area (Å²) in [6.45, 7) is 1.75.